The van der Waals surface area contributed by atoms with Crippen LogP contribution in [0, 0.1) is 0 Å². The van der Waals surface area contributed by atoms with Gasteiger partial charge in [0.1, 0.15) is 18.5 Å². The maximum Gasteiger partial charge on any atom is 0.338 e. The molecule has 0 aliphatic carbocycles. The van der Waals surface area contributed by atoms with E-state index in [2.05, 4.69) is 5.10 Å². The van der Waals surface area contributed by atoms with Crippen molar-refractivity contribution in [1.29, 1.82) is 0 Å². The lowest BCUT2D eigenvalue weighted by molar-refractivity contribution is -0.0454. The van der Waals surface area contributed by atoms with Crippen LogP contribution in [0.5, 0.6) is 0 Å². The van der Waals surface area contributed by atoms with Gasteiger partial charge in [-0.1, -0.05) is 54.6 Å². The zero-order valence-electron chi connectivity index (χ0n) is 22.7. The Labute approximate surface area is 242 Å². The number of hydrogen-bond donors (Lipinski definition) is 0. The normalized spacial score (nSPS) is 21.2. The van der Waals surface area contributed by atoms with Crippen LogP contribution in [0.25, 0.3) is 0 Å². The van der Waals surface area contributed by atoms with E-state index in [9.17, 15) is 14.4 Å². The molecule has 0 saturated carbocycles. The van der Waals surface area contributed by atoms with E-state index in [1.54, 1.807) is 91.0 Å². The topological polar surface area (TPSA) is 119 Å². The van der Waals surface area contributed by atoms with E-state index in [0.29, 0.717) is 29.1 Å². The highest BCUT2D eigenvalue weighted by Crippen LogP contribution is 2.38. The van der Waals surface area contributed by atoms with Crippen molar-refractivity contribution in [3.05, 3.63) is 119 Å². The first-order valence-electron chi connectivity index (χ1n) is 13.9. The van der Waals surface area contributed by atoms with Gasteiger partial charge in [0.2, 0.25) is 0 Å². The van der Waals surface area contributed by atoms with Crippen LogP contribution in [0.2, 0.25) is 0 Å². The van der Waals surface area contributed by atoms with E-state index >= 15 is 0 Å². The van der Waals surface area contributed by atoms with Gasteiger partial charge in [0, 0.05) is 13.0 Å². The van der Waals surface area contributed by atoms with Crippen LogP contribution >= 0.6 is 0 Å². The largest absolute Gasteiger partial charge is 0.459 e. The minimum Gasteiger partial charge on any atom is -0.459 e. The maximum atomic E-state index is 13.3. The van der Waals surface area contributed by atoms with Crippen LogP contribution in [-0.2, 0) is 31.9 Å². The summed E-state index contributed by atoms with van der Waals surface area (Å²) in [5.74, 6) is -0.702. The number of rotatable bonds is 8. The molecule has 3 heterocycles. The zero-order chi connectivity index (χ0) is 28.9. The second kappa shape index (κ2) is 12.4. The van der Waals surface area contributed by atoms with Gasteiger partial charge in [-0.25, -0.2) is 24.0 Å². The van der Waals surface area contributed by atoms with Crippen molar-refractivity contribution in [3.8, 4) is 0 Å². The predicted octanol–water partition coefficient (Wildman–Crippen LogP) is 4.36. The Morgan fingerprint density at radius 3 is 1.86 bits per heavy atom. The first-order valence-corrected chi connectivity index (χ1v) is 13.9. The Morgan fingerprint density at radius 2 is 1.29 bits per heavy atom. The van der Waals surface area contributed by atoms with Gasteiger partial charge in [0.25, 0.3) is 0 Å². The van der Waals surface area contributed by atoms with Crippen molar-refractivity contribution in [2.45, 2.75) is 50.2 Å². The molecule has 4 atom stereocenters. The Bertz CT molecular complexity index is 1520. The fourth-order valence-corrected chi connectivity index (χ4v) is 5.11. The van der Waals surface area contributed by atoms with Gasteiger partial charge in [0.15, 0.2) is 24.1 Å². The molecule has 1 fully saturated rings. The molecule has 0 unspecified atom stereocenters. The molecular weight excluding hydrogens is 538 g/mol. The smallest absolute Gasteiger partial charge is 0.338 e. The average Bonchev–Trinajstić information content (AvgIpc) is 3.62. The molecule has 0 radical (unpaired) electrons. The first-order chi connectivity index (χ1) is 20.6. The number of ether oxygens (including phenoxy) is 4. The van der Waals surface area contributed by atoms with Gasteiger partial charge in [-0.15, -0.1) is 0 Å². The fraction of sp³-hybridized carbons (Fsp3) is 0.281. The second-order valence-corrected chi connectivity index (χ2v) is 10.1. The number of esters is 3. The van der Waals surface area contributed by atoms with Crippen molar-refractivity contribution >= 4 is 17.9 Å². The SMILES string of the molecule is O=C(OC[C@H]1O[C@@H](c2nc3n(n2)CCCC3)[C@H](OC(=O)c2ccccc2)[C@@H]1OC(=O)c1ccccc1)c1ccccc1. The Hall–Kier alpha value is -4.83. The third-order valence-corrected chi connectivity index (χ3v) is 7.24. The summed E-state index contributed by atoms with van der Waals surface area (Å²) in [5.41, 5.74) is 0.991. The second-order valence-electron chi connectivity index (χ2n) is 10.1. The molecule has 10 heteroatoms. The van der Waals surface area contributed by atoms with Crippen LogP contribution in [-0.4, -0.2) is 57.6 Å². The summed E-state index contributed by atoms with van der Waals surface area (Å²) in [5, 5.41) is 4.65. The van der Waals surface area contributed by atoms with Crippen molar-refractivity contribution < 1.29 is 33.3 Å². The quantitative estimate of drug-likeness (QED) is 0.226. The molecule has 1 saturated heterocycles. The summed E-state index contributed by atoms with van der Waals surface area (Å²) < 4.78 is 25.7. The van der Waals surface area contributed by atoms with E-state index < -0.39 is 42.3 Å². The predicted molar refractivity (Wildman–Crippen MR) is 149 cm³/mol. The molecule has 6 rings (SSSR count). The van der Waals surface area contributed by atoms with Crippen LogP contribution in [0.4, 0.5) is 0 Å². The number of carbonyl (C=O) groups is 3. The fourth-order valence-electron chi connectivity index (χ4n) is 5.11. The van der Waals surface area contributed by atoms with Gasteiger partial charge in [-0.2, -0.15) is 5.10 Å². The maximum absolute atomic E-state index is 13.3. The molecular formula is C32H29N3O7. The Balaban J connectivity index is 1.33. The highest BCUT2D eigenvalue weighted by molar-refractivity contribution is 5.91. The highest BCUT2D eigenvalue weighted by Gasteiger charge is 2.52. The summed E-state index contributed by atoms with van der Waals surface area (Å²) in [6.45, 7) is 0.456. The molecule has 0 N–H and O–H groups in total. The average molecular weight is 568 g/mol. The van der Waals surface area contributed by atoms with E-state index in [1.165, 1.54) is 0 Å². The molecule has 2 aliphatic rings. The molecule has 2 aliphatic heterocycles. The molecule has 1 aromatic heterocycles. The van der Waals surface area contributed by atoms with Gasteiger partial charge in [-0.05, 0) is 49.2 Å². The lowest BCUT2D eigenvalue weighted by Gasteiger charge is -2.24. The number of aromatic nitrogens is 3. The van der Waals surface area contributed by atoms with E-state index in [-0.39, 0.29) is 6.61 Å². The molecule has 0 bridgehead atoms. The number of carbonyl (C=O) groups excluding carboxylic acids is 3. The monoisotopic (exact) mass is 567 g/mol. The number of benzene rings is 3. The standard InChI is InChI=1S/C32H29N3O7/c36-30(21-12-4-1-5-13-21)39-20-24-26(41-31(37)22-14-6-2-7-15-22)27(42-32(38)23-16-8-3-9-17-23)28(40-24)29-33-25-18-10-11-19-35(25)34-29/h1-9,12-17,24,26-28H,10-11,18-20H2/t24-,26-,27-,28-/m1/s1. The summed E-state index contributed by atoms with van der Waals surface area (Å²) >= 11 is 0. The number of aryl methyl sites for hydroxylation is 2. The third kappa shape index (κ3) is 5.94. The molecule has 214 valence electrons. The summed E-state index contributed by atoms with van der Waals surface area (Å²) in [7, 11) is 0. The summed E-state index contributed by atoms with van der Waals surface area (Å²) in [4.78, 5) is 44.0. The van der Waals surface area contributed by atoms with Crippen molar-refractivity contribution in [2.24, 2.45) is 0 Å². The van der Waals surface area contributed by atoms with E-state index in [4.69, 9.17) is 23.9 Å². The molecule has 10 nitrogen and oxygen atoms in total. The van der Waals surface area contributed by atoms with Crippen LogP contribution in [0.15, 0.2) is 91.0 Å². The minimum absolute atomic E-state index is 0.260. The lowest BCUT2D eigenvalue weighted by Crippen LogP contribution is -2.41. The van der Waals surface area contributed by atoms with Crippen molar-refractivity contribution in [2.75, 3.05) is 6.61 Å². The lowest BCUT2D eigenvalue weighted by atomic mass is 10.1. The number of hydrogen-bond acceptors (Lipinski definition) is 9. The summed E-state index contributed by atoms with van der Waals surface area (Å²) in [6, 6.07) is 25.5. The Morgan fingerprint density at radius 1 is 0.738 bits per heavy atom. The van der Waals surface area contributed by atoms with Crippen LogP contribution in [0.3, 0.4) is 0 Å². The van der Waals surface area contributed by atoms with Crippen LogP contribution < -0.4 is 0 Å². The van der Waals surface area contributed by atoms with Gasteiger partial charge in [0.05, 0.1) is 16.7 Å². The van der Waals surface area contributed by atoms with Crippen molar-refractivity contribution in [3.63, 3.8) is 0 Å². The first kappa shape index (κ1) is 27.3. The van der Waals surface area contributed by atoms with Crippen LogP contribution in [0.1, 0.15) is 61.7 Å². The molecule has 42 heavy (non-hydrogen) atoms. The van der Waals surface area contributed by atoms with Crippen molar-refractivity contribution in [1.82, 2.24) is 14.8 Å². The van der Waals surface area contributed by atoms with Gasteiger partial charge >= 0.3 is 17.9 Å². The number of nitrogens with zero attached hydrogens (tertiary/aromatic N) is 3. The minimum atomic E-state index is -1.13. The van der Waals surface area contributed by atoms with Gasteiger partial charge < -0.3 is 18.9 Å². The molecule has 3 aromatic carbocycles. The zero-order valence-corrected chi connectivity index (χ0v) is 22.7. The molecule has 4 aromatic rings. The Kier molecular flexibility index (Phi) is 8.05. The van der Waals surface area contributed by atoms with E-state index in [0.717, 1.165) is 25.1 Å². The molecule has 0 spiro atoms. The number of fused-ring (bicyclic) bond motifs is 1. The van der Waals surface area contributed by atoms with E-state index in [1.807, 2.05) is 4.68 Å². The molecule has 0 amide bonds. The highest BCUT2D eigenvalue weighted by atomic mass is 16.6. The van der Waals surface area contributed by atoms with Gasteiger partial charge in [-0.3, -0.25) is 0 Å². The summed E-state index contributed by atoms with van der Waals surface area (Å²) in [6.07, 6.45) is -1.45. The third-order valence-electron chi connectivity index (χ3n) is 7.24.